The molecular formula is C13H21N3O3. The van der Waals surface area contributed by atoms with Crippen LogP contribution < -0.4 is 0 Å². The first-order chi connectivity index (χ1) is 8.79. The van der Waals surface area contributed by atoms with Gasteiger partial charge in [0.25, 0.3) is 5.91 Å². The van der Waals surface area contributed by atoms with E-state index in [1.807, 2.05) is 20.8 Å². The van der Waals surface area contributed by atoms with E-state index in [9.17, 15) is 9.59 Å². The van der Waals surface area contributed by atoms with Crippen molar-refractivity contribution in [3.63, 3.8) is 0 Å². The minimum atomic E-state index is -1.03. The van der Waals surface area contributed by atoms with Crippen molar-refractivity contribution in [2.24, 2.45) is 0 Å². The summed E-state index contributed by atoms with van der Waals surface area (Å²) in [6.07, 6.45) is 0. The Morgan fingerprint density at radius 3 is 2.42 bits per heavy atom. The summed E-state index contributed by atoms with van der Waals surface area (Å²) in [7, 11) is 1.49. The van der Waals surface area contributed by atoms with Crippen LogP contribution in [0.1, 0.15) is 49.8 Å². The van der Waals surface area contributed by atoms with Gasteiger partial charge in [0.2, 0.25) is 0 Å². The molecule has 1 unspecified atom stereocenters. The SMILES string of the molecule is CCn1nc(C(C)C)cc1C(=O)N(C)C(C)C(=O)O. The van der Waals surface area contributed by atoms with Crippen molar-refractivity contribution in [3.8, 4) is 0 Å². The second-order valence-electron chi connectivity index (χ2n) is 4.86. The molecule has 0 radical (unpaired) electrons. The van der Waals surface area contributed by atoms with E-state index in [0.717, 1.165) is 5.69 Å². The molecule has 0 aliphatic heterocycles. The van der Waals surface area contributed by atoms with Crippen LogP contribution in [0.2, 0.25) is 0 Å². The van der Waals surface area contributed by atoms with E-state index in [1.165, 1.54) is 18.9 Å². The standard InChI is InChI=1S/C13H21N3O3/c1-6-16-11(7-10(14-16)8(2)3)12(17)15(5)9(4)13(18)19/h7-9H,6H2,1-5H3,(H,18,19). The summed E-state index contributed by atoms with van der Waals surface area (Å²) >= 11 is 0. The summed E-state index contributed by atoms with van der Waals surface area (Å²) in [4.78, 5) is 24.5. The fourth-order valence-corrected chi connectivity index (χ4v) is 1.65. The second-order valence-corrected chi connectivity index (χ2v) is 4.86. The van der Waals surface area contributed by atoms with Crippen LogP contribution in [0.5, 0.6) is 0 Å². The third-order valence-electron chi connectivity index (χ3n) is 3.17. The molecule has 0 aromatic carbocycles. The lowest BCUT2D eigenvalue weighted by Crippen LogP contribution is -2.41. The number of carboxylic acid groups (broad SMARTS) is 1. The Balaban J connectivity index is 3.08. The lowest BCUT2D eigenvalue weighted by atomic mass is 10.1. The molecule has 1 atom stereocenters. The molecule has 1 N–H and O–H groups in total. The Bertz CT molecular complexity index is 479. The number of carbonyl (C=O) groups excluding carboxylic acids is 1. The first-order valence-electron chi connectivity index (χ1n) is 6.37. The van der Waals surface area contributed by atoms with Gasteiger partial charge in [0.15, 0.2) is 0 Å². The smallest absolute Gasteiger partial charge is 0.326 e. The van der Waals surface area contributed by atoms with Crippen molar-refractivity contribution in [1.82, 2.24) is 14.7 Å². The number of hydrogen-bond donors (Lipinski definition) is 1. The van der Waals surface area contributed by atoms with Crippen molar-refractivity contribution >= 4 is 11.9 Å². The van der Waals surface area contributed by atoms with Crippen LogP contribution in [0.25, 0.3) is 0 Å². The first kappa shape index (κ1) is 15.2. The maximum Gasteiger partial charge on any atom is 0.326 e. The molecule has 0 saturated carbocycles. The molecule has 1 amide bonds. The highest BCUT2D eigenvalue weighted by Gasteiger charge is 2.26. The van der Waals surface area contributed by atoms with Gasteiger partial charge < -0.3 is 10.0 Å². The van der Waals surface area contributed by atoms with Gasteiger partial charge in [0, 0.05) is 13.6 Å². The van der Waals surface area contributed by atoms with Crippen molar-refractivity contribution in [2.75, 3.05) is 7.05 Å². The highest BCUT2D eigenvalue weighted by atomic mass is 16.4. The number of aliphatic carboxylic acids is 1. The monoisotopic (exact) mass is 267 g/mol. The highest BCUT2D eigenvalue weighted by molar-refractivity contribution is 5.95. The summed E-state index contributed by atoms with van der Waals surface area (Å²) in [5.41, 5.74) is 1.27. The van der Waals surface area contributed by atoms with Gasteiger partial charge in [-0.15, -0.1) is 0 Å². The van der Waals surface area contributed by atoms with Gasteiger partial charge in [-0.2, -0.15) is 5.10 Å². The molecule has 0 aliphatic carbocycles. The van der Waals surface area contributed by atoms with Gasteiger partial charge in [-0.05, 0) is 25.8 Å². The molecular weight excluding hydrogens is 246 g/mol. The van der Waals surface area contributed by atoms with Crippen LogP contribution in [0.4, 0.5) is 0 Å². The van der Waals surface area contributed by atoms with E-state index in [-0.39, 0.29) is 11.8 Å². The Morgan fingerprint density at radius 2 is 2.00 bits per heavy atom. The zero-order valence-corrected chi connectivity index (χ0v) is 12.0. The quantitative estimate of drug-likeness (QED) is 0.878. The second kappa shape index (κ2) is 5.86. The van der Waals surface area contributed by atoms with Crippen LogP contribution >= 0.6 is 0 Å². The molecule has 1 aromatic rings. The van der Waals surface area contributed by atoms with Crippen molar-refractivity contribution in [3.05, 3.63) is 17.5 Å². The Kier molecular flexibility index (Phi) is 4.69. The van der Waals surface area contributed by atoms with E-state index in [0.29, 0.717) is 12.2 Å². The number of carboxylic acids is 1. The van der Waals surface area contributed by atoms with Crippen molar-refractivity contribution < 1.29 is 14.7 Å². The van der Waals surface area contributed by atoms with Gasteiger partial charge in [-0.3, -0.25) is 9.48 Å². The number of nitrogens with zero attached hydrogens (tertiary/aromatic N) is 3. The lowest BCUT2D eigenvalue weighted by Gasteiger charge is -2.21. The average molecular weight is 267 g/mol. The molecule has 6 heteroatoms. The van der Waals surface area contributed by atoms with E-state index in [4.69, 9.17) is 5.11 Å². The number of hydrogen-bond acceptors (Lipinski definition) is 3. The topological polar surface area (TPSA) is 75.4 Å². The predicted molar refractivity (Wildman–Crippen MR) is 71.2 cm³/mol. The van der Waals surface area contributed by atoms with Gasteiger partial charge in [-0.25, -0.2) is 4.79 Å². The van der Waals surface area contributed by atoms with Crippen molar-refractivity contribution in [2.45, 2.75) is 46.2 Å². The first-order valence-corrected chi connectivity index (χ1v) is 6.37. The summed E-state index contributed by atoms with van der Waals surface area (Å²) < 4.78 is 1.61. The number of carbonyl (C=O) groups is 2. The van der Waals surface area contributed by atoms with E-state index < -0.39 is 12.0 Å². The Hall–Kier alpha value is -1.85. The maximum atomic E-state index is 12.3. The fraction of sp³-hybridized carbons (Fsp3) is 0.615. The average Bonchev–Trinajstić information content (AvgIpc) is 2.80. The summed E-state index contributed by atoms with van der Waals surface area (Å²) in [6.45, 7) is 7.95. The van der Waals surface area contributed by atoms with Gasteiger partial charge in [0.1, 0.15) is 11.7 Å². The normalized spacial score (nSPS) is 12.5. The number of amides is 1. The molecule has 1 aromatic heterocycles. The molecule has 0 spiro atoms. The largest absolute Gasteiger partial charge is 0.480 e. The van der Waals surface area contributed by atoms with E-state index in [2.05, 4.69) is 5.10 Å². The molecule has 0 fully saturated rings. The number of aryl methyl sites for hydroxylation is 1. The molecule has 0 saturated heterocycles. The van der Waals surface area contributed by atoms with E-state index >= 15 is 0 Å². The molecule has 6 nitrogen and oxygen atoms in total. The summed E-state index contributed by atoms with van der Waals surface area (Å²) in [5.74, 6) is -1.12. The number of aromatic nitrogens is 2. The summed E-state index contributed by atoms with van der Waals surface area (Å²) in [6, 6.07) is 0.872. The zero-order chi connectivity index (χ0) is 14.7. The molecule has 1 heterocycles. The molecule has 0 bridgehead atoms. The Morgan fingerprint density at radius 1 is 1.42 bits per heavy atom. The van der Waals surface area contributed by atoms with Crippen LogP contribution in [-0.2, 0) is 11.3 Å². The van der Waals surface area contributed by atoms with Crippen LogP contribution in [0, 0.1) is 0 Å². The van der Waals surface area contributed by atoms with Crippen LogP contribution in [-0.4, -0.2) is 44.8 Å². The van der Waals surface area contributed by atoms with Crippen molar-refractivity contribution in [1.29, 1.82) is 0 Å². The molecule has 0 aliphatic rings. The van der Waals surface area contributed by atoms with Gasteiger partial charge in [-0.1, -0.05) is 13.8 Å². The minimum Gasteiger partial charge on any atom is -0.480 e. The molecule has 106 valence electrons. The number of rotatable bonds is 5. The molecule has 1 rings (SSSR count). The molecule has 19 heavy (non-hydrogen) atoms. The number of likely N-dealkylation sites (N-methyl/N-ethyl adjacent to an activating group) is 1. The van der Waals surface area contributed by atoms with Crippen LogP contribution in [0.15, 0.2) is 6.07 Å². The minimum absolute atomic E-state index is 0.224. The highest BCUT2D eigenvalue weighted by Crippen LogP contribution is 2.16. The van der Waals surface area contributed by atoms with Crippen LogP contribution in [0.3, 0.4) is 0 Å². The van der Waals surface area contributed by atoms with E-state index in [1.54, 1.807) is 10.7 Å². The fourth-order valence-electron chi connectivity index (χ4n) is 1.65. The third-order valence-corrected chi connectivity index (χ3v) is 3.17. The lowest BCUT2D eigenvalue weighted by molar-refractivity contribution is -0.141. The summed E-state index contributed by atoms with van der Waals surface area (Å²) in [5, 5.41) is 13.3. The Labute approximate surface area is 113 Å². The maximum absolute atomic E-state index is 12.3. The van der Waals surface area contributed by atoms with Gasteiger partial charge in [0.05, 0.1) is 5.69 Å². The zero-order valence-electron chi connectivity index (χ0n) is 12.0. The third kappa shape index (κ3) is 3.13. The van der Waals surface area contributed by atoms with Gasteiger partial charge >= 0.3 is 5.97 Å². The predicted octanol–water partition coefficient (Wildman–Crippen LogP) is 1.57.